The first kappa shape index (κ1) is 13.9. The second kappa shape index (κ2) is 5.74. The molecule has 1 aromatic heterocycles. The van der Waals surface area contributed by atoms with Crippen molar-refractivity contribution in [3.63, 3.8) is 0 Å². The van der Waals surface area contributed by atoms with Gasteiger partial charge in [0.25, 0.3) is 0 Å². The zero-order valence-corrected chi connectivity index (χ0v) is 12.0. The number of benzene rings is 1. The molecule has 108 valence electrons. The summed E-state index contributed by atoms with van der Waals surface area (Å²) in [6, 6.07) is 10.9. The molecule has 3 rings (SSSR count). The van der Waals surface area contributed by atoms with Crippen LogP contribution in [0.5, 0.6) is 5.88 Å². The lowest BCUT2D eigenvalue weighted by molar-refractivity contribution is 0.0686. The van der Waals surface area contributed by atoms with Gasteiger partial charge in [-0.05, 0) is 42.5 Å². The average Bonchev–Trinajstić information content (AvgIpc) is 2.47. The third-order valence-electron chi connectivity index (χ3n) is 3.62. The number of carbonyl (C=O) groups is 1. The summed E-state index contributed by atoms with van der Waals surface area (Å²) in [5.74, 6) is -0.991. The molecule has 5 heteroatoms. The highest BCUT2D eigenvalue weighted by Crippen LogP contribution is 2.34. The zero-order chi connectivity index (χ0) is 14.8. The SMILES string of the molecule is O=C(O)c1ccc(Cl)nc1OC1CCCc2ccccc21. The molecule has 0 saturated carbocycles. The Morgan fingerprint density at radius 3 is 2.90 bits per heavy atom. The van der Waals surface area contributed by atoms with Gasteiger partial charge < -0.3 is 9.84 Å². The third-order valence-corrected chi connectivity index (χ3v) is 3.84. The molecule has 1 heterocycles. The van der Waals surface area contributed by atoms with Crippen molar-refractivity contribution in [2.24, 2.45) is 0 Å². The highest BCUT2D eigenvalue weighted by atomic mass is 35.5. The number of ether oxygens (including phenoxy) is 1. The molecular formula is C16H14ClNO3. The molecule has 4 nitrogen and oxygen atoms in total. The van der Waals surface area contributed by atoms with Gasteiger partial charge >= 0.3 is 5.97 Å². The number of fused-ring (bicyclic) bond motifs is 1. The van der Waals surface area contributed by atoms with Crippen LogP contribution >= 0.6 is 11.6 Å². The Morgan fingerprint density at radius 1 is 1.29 bits per heavy atom. The van der Waals surface area contributed by atoms with Crippen LogP contribution in [0.1, 0.15) is 40.4 Å². The second-order valence-corrected chi connectivity index (χ2v) is 5.38. The Balaban J connectivity index is 1.95. The molecule has 0 saturated heterocycles. The predicted octanol–water partition coefficient (Wildman–Crippen LogP) is 3.89. The van der Waals surface area contributed by atoms with E-state index in [-0.39, 0.29) is 22.7 Å². The Morgan fingerprint density at radius 2 is 2.10 bits per heavy atom. The number of halogens is 1. The van der Waals surface area contributed by atoms with Gasteiger partial charge in [-0.2, -0.15) is 0 Å². The quantitative estimate of drug-likeness (QED) is 0.874. The van der Waals surface area contributed by atoms with Gasteiger partial charge in [0.05, 0.1) is 0 Å². The van der Waals surface area contributed by atoms with E-state index >= 15 is 0 Å². The number of aromatic carboxylic acids is 1. The summed E-state index contributed by atoms with van der Waals surface area (Å²) in [5, 5.41) is 9.44. The van der Waals surface area contributed by atoms with Crippen LogP contribution in [0.2, 0.25) is 5.15 Å². The van der Waals surface area contributed by atoms with Gasteiger partial charge in [-0.25, -0.2) is 9.78 Å². The summed E-state index contributed by atoms with van der Waals surface area (Å²) in [7, 11) is 0. The lowest BCUT2D eigenvalue weighted by Crippen LogP contribution is -2.17. The van der Waals surface area contributed by atoms with Crippen molar-refractivity contribution in [1.29, 1.82) is 0 Å². The van der Waals surface area contributed by atoms with Gasteiger partial charge in [0.2, 0.25) is 5.88 Å². The largest absolute Gasteiger partial charge is 0.477 e. The molecule has 0 radical (unpaired) electrons. The van der Waals surface area contributed by atoms with Crippen LogP contribution in [0.15, 0.2) is 36.4 Å². The number of aromatic nitrogens is 1. The van der Waals surface area contributed by atoms with Gasteiger partial charge in [0.1, 0.15) is 16.8 Å². The zero-order valence-electron chi connectivity index (χ0n) is 11.3. The predicted molar refractivity (Wildman–Crippen MR) is 79.0 cm³/mol. The van der Waals surface area contributed by atoms with Gasteiger partial charge in [-0.3, -0.25) is 0 Å². The normalized spacial score (nSPS) is 17.1. The van der Waals surface area contributed by atoms with Crippen LogP contribution < -0.4 is 4.74 Å². The van der Waals surface area contributed by atoms with E-state index in [1.165, 1.54) is 17.7 Å². The molecule has 1 unspecified atom stereocenters. The van der Waals surface area contributed by atoms with E-state index in [1.807, 2.05) is 18.2 Å². The number of aryl methyl sites for hydroxylation is 1. The Hall–Kier alpha value is -2.07. The second-order valence-electron chi connectivity index (χ2n) is 4.99. The van der Waals surface area contributed by atoms with E-state index in [2.05, 4.69) is 11.1 Å². The van der Waals surface area contributed by atoms with E-state index in [0.717, 1.165) is 24.8 Å². The number of hydrogen-bond donors (Lipinski definition) is 1. The first-order chi connectivity index (χ1) is 10.1. The van der Waals surface area contributed by atoms with E-state index in [9.17, 15) is 9.90 Å². The summed E-state index contributed by atoms with van der Waals surface area (Å²) in [6.07, 6.45) is 2.68. The molecule has 0 aliphatic heterocycles. The molecule has 2 aromatic rings. The van der Waals surface area contributed by atoms with Gasteiger partial charge in [0, 0.05) is 0 Å². The number of nitrogens with zero attached hydrogens (tertiary/aromatic N) is 1. The molecule has 0 spiro atoms. The summed E-state index contributed by atoms with van der Waals surface area (Å²) in [5.41, 5.74) is 2.37. The van der Waals surface area contributed by atoms with E-state index < -0.39 is 5.97 Å². The number of carboxylic acid groups (broad SMARTS) is 1. The van der Waals surface area contributed by atoms with E-state index in [4.69, 9.17) is 16.3 Å². The minimum Gasteiger partial charge on any atom is -0.477 e. The van der Waals surface area contributed by atoms with E-state index in [0.29, 0.717) is 0 Å². The Bertz CT molecular complexity index is 687. The molecular weight excluding hydrogens is 290 g/mol. The highest BCUT2D eigenvalue weighted by molar-refractivity contribution is 6.29. The molecule has 0 bridgehead atoms. The maximum Gasteiger partial charge on any atom is 0.341 e. The maximum atomic E-state index is 11.3. The summed E-state index contributed by atoms with van der Waals surface area (Å²) < 4.78 is 5.88. The number of rotatable bonds is 3. The van der Waals surface area contributed by atoms with Crippen molar-refractivity contribution >= 4 is 17.6 Å². The van der Waals surface area contributed by atoms with Crippen molar-refractivity contribution in [3.05, 3.63) is 58.2 Å². The number of hydrogen-bond acceptors (Lipinski definition) is 3. The molecule has 0 fully saturated rings. The molecule has 1 aliphatic rings. The number of carboxylic acids is 1. The van der Waals surface area contributed by atoms with Crippen LogP contribution in [0.25, 0.3) is 0 Å². The fourth-order valence-electron chi connectivity index (χ4n) is 2.64. The van der Waals surface area contributed by atoms with Gasteiger partial charge in [0.15, 0.2) is 0 Å². The van der Waals surface area contributed by atoms with Crippen LogP contribution in [0.4, 0.5) is 0 Å². The van der Waals surface area contributed by atoms with Crippen LogP contribution in [0.3, 0.4) is 0 Å². The van der Waals surface area contributed by atoms with Crippen LogP contribution in [-0.4, -0.2) is 16.1 Å². The highest BCUT2D eigenvalue weighted by Gasteiger charge is 2.24. The lowest BCUT2D eigenvalue weighted by atomic mass is 9.89. The Labute approximate surface area is 127 Å². The van der Waals surface area contributed by atoms with Crippen molar-refractivity contribution in [2.75, 3.05) is 0 Å². The van der Waals surface area contributed by atoms with Crippen molar-refractivity contribution in [1.82, 2.24) is 4.98 Å². The molecule has 21 heavy (non-hydrogen) atoms. The third kappa shape index (κ3) is 2.85. The van der Waals surface area contributed by atoms with Crippen molar-refractivity contribution < 1.29 is 14.6 Å². The standard InChI is InChI=1S/C16H14ClNO3/c17-14-9-8-12(16(19)20)15(18-14)21-13-7-3-5-10-4-1-2-6-11(10)13/h1-2,4,6,8-9,13H,3,5,7H2,(H,19,20). The average molecular weight is 304 g/mol. The van der Waals surface area contributed by atoms with Crippen LogP contribution in [-0.2, 0) is 6.42 Å². The van der Waals surface area contributed by atoms with Crippen molar-refractivity contribution in [2.45, 2.75) is 25.4 Å². The van der Waals surface area contributed by atoms with Crippen LogP contribution in [0, 0.1) is 0 Å². The smallest absolute Gasteiger partial charge is 0.341 e. The van der Waals surface area contributed by atoms with E-state index in [1.54, 1.807) is 0 Å². The summed E-state index contributed by atoms with van der Waals surface area (Å²) >= 11 is 5.86. The molecule has 0 amide bonds. The van der Waals surface area contributed by atoms with Crippen molar-refractivity contribution in [3.8, 4) is 5.88 Å². The maximum absolute atomic E-state index is 11.3. The topological polar surface area (TPSA) is 59.4 Å². The number of pyridine rings is 1. The minimum atomic E-state index is -1.07. The summed E-state index contributed by atoms with van der Waals surface area (Å²) in [4.78, 5) is 15.3. The molecule has 1 aliphatic carbocycles. The Kier molecular flexibility index (Phi) is 3.80. The minimum absolute atomic E-state index is 0.0301. The van der Waals surface area contributed by atoms with Gasteiger partial charge in [-0.15, -0.1) is 0 Å². The first-order valence-corrected chi connectivity index (χ1v) is 7.17. The van der Waals surface area contributed by atoms with Gasteiger partial charge in [-0.1, -0.05) is 35.9 Å². The lowest BCUT2D eigenvalue weighted by Gasteiger charge is -2.26. The molecule has 1 atom stereocenters. The molecule has 1 N–H and O–H groups in total. The fourth-order valence-corrected chi connectivity index (χ4v) is 2.78. The first-order valence-electron chi connectivity index (χ1n) is 6.79. The molecule has 1 aromatic carbocycles. The summed E-state index contributed by atoms with van der Waals surface area (Å²) in [6.45, 7) is 0. The monoisotopic (exact) mass is 303 g/mol. The fraction of sp³-hybridized carbons (Fsp3) is 0.250.